The van der Waals surface area contributed by atoms with Crippen LogP contribution in [-0.2, 0) is 20.7 Å². The summed E-state index contributed by atoms with van der Waals surface area (Å²) in [5.74, 6) is 0.448. The first-order valence-corrected chi connectivity index (χ1v) is 16.3. The second kappa shape index (κ2) is 14.3. The third-order valence-electron chi connectivity index (χ3n) is 9.55. The number of fused-ring (bicyclic) bond motifs is 1. The van der Waals surface area contributed by atoms with Gasteiger partial charge in [0.1, 0.15) is 23.1 Å². The Balaban J connectivity index is 1.30. The lowest BCUT2D eigenvalue weighted by molar-refractivity contribution is -0.141. The summed E-state index contributed by atoms with van der Waals surface area (Å²) in [6, 6.07) is 3.98. The van der Waals surface area contributed by atoms with Crippen LogP contribution in [0.1, 0.15) is 91.7 Å². The molecule has 2 amide bonds. The fourth-order valence-corrected chi connectivity index (χ4v) is 6.85. The maximum atomic E-state index is 13.7. The average Bonchev–Trinajstić information content (AvgIpc) is 3.44. The molecule has 248 valence electrons. The van der Waals surface area contributed by atoms with Gasteiger partial charge >= 0.3 is 6.09 Å². The van der Waals surface area contributed by atoms with Gasteiger partial charge in [-0.15, -0.1) is 0 Å². The third kappa shape index (κ3) is 8.02. The summed E-state index contributed by atoms with van der Waals surface area (Å²) >= 11 is 0. The number of alkyl carbamates (subject to hydrolysis) is 1. The molecule has 2 fully saturated rings. The molecular formula is C34H49FN4O6. The van der Waals surface area contributed by atoms with Crippen molar-refractivity contribution >= 4 is 28.8 Å². The third-order valence-corrected chi connectivity index (χ3v) is 9.55. The van der Waals surface area contributed by atoms with E-state index < -0.39 is 35.9 Å². The van der Waals surface area contributed by atoms with Gasteiger partial charge in [0, 0.05) is 24.9 Å². The predicted molar refractivity (Wildman–Crippen MR) is 170 cm³/mol. The Labute approximate surface area is 264 Å². The van der Waals surface area contributed by atoms with Crippen molar-refractivity contribution in [3.63, 3.8) is 0 Å². The number of hydrogen-bond donors (Lipinski definition) is 2. The number of Topliss-reactive ketones (excluding diaryl/α,β-unsaturated/α-hetero) is 1. The van der Waals surface area contributed by atoms with Gasteiger partial charge < -0.3 is 24.7 Å². The molecule has 1 aromatic heterocycles. The SMILES string of the molecule is CC[C@@H]1CCN(C(=O)[C@@H](NC(=O)O[C@]2(CCF)C[C@H]2CCCCCc2nc3ccc(OC)cc3[nH]c2=O)C(C)(C)C)[C@@H]1C(C)=O. The molecule has 1 aliphatic heterocycles. The number of carbonyl (C=O) groups excluding carboxylic acids is 3. The number of benzene rings is 1. The average molecular weight is 629 g/mol. The van der Waals surface area contributed by atoms with Crippen LogP contribution in [0.15, 0.2) is 23.0 Å². The summed E-state index contributed by atoms with van der Waals surface area (Å²) < 4.78 is 24.7. The smallest absolute Gasteiger partial charge is 0.408 e. The predicted octanol–water partition coefficient (Wildman–Crippen LogP) is 5.51. The number of methoxy groups -OCH3 is 1. The zero-order valence-electron chi connectivity index (χ0n) is 27.5. The number of rotatable bonds is 14. The number of alkyl halides is 1. The van der Waals surface area contributed by atoms with E-state index in [9.17, 15) is 23.6 Å². The fourth-order valence-electron chi connectivity index (χ4n) is 6.85. The number of nitrogens with one attached hydrogen (secondary N) is 2. The molecule has 2 N–H and O–H groups in total. The number of aryl methyl sites for hydroxylation is 1. The molecule has 11 heteroatoms. The van der Waals surface area contributed by atoms with Gasteiger partial charge in [0.2, 0.25) is 5.91 Å². The first-order chi connectivity index (χ1) is 21.3. The van der Waals surface area contributed by atoms with Crippen LogP contribution in [0.5, 0.6) is 5.75 Å². The Morgan fingerprint density at radius 3 is 2.62 bits per heavy atom. The molecule has 45 heavy (non-hydrogen) atoms. The van der Waals surface area contributed by atoms with E-state index in [2.05, 4.69) is 15.3 Å². The van der Waals surface area contributed by atoms with Crippen LogP contribution in [0, 0.1) is 17.3 Å². The first kappa shape index (κ1) is 34.4. The quantitative estimate of drug-likeness (QED) is 0.264. The van der Waals surface area contributed by atoms with E-state index in [1.165, 1.54) is 6.92 Å². The molecule has 5 atom stereocenters. The number of H-pyrrole nitrogens is 1. The van der Waals surface area contributed by atoms with Gasteiger partial charge in [0.25, 0.3) is 5.56 Å². The monoisotopic (exact) mass is 628 g/mol. The van der Waals surface area contributed by atoms with E-state index in [0.29, 0.717) is 41.9 Å². The number of halogens is 1. The van der Waals surface area contributed by atoms with Crippen LogP contribution in [0.25, 0.3) is 11.0 Å². The lowest BCUT2D eigenvalue weighted by Crippen LogP contribution is -2.57. The van der Waals surface area contributed by atoms with Crippen molar-refractivity contribution < 1.29 is 28.2 Å². The van der Waals surface area contributed by atoms with Crippen molar-refractivity contribution in [3.05, 3.63) is 34.2 Å². The number of aromatic amines is 1. The van der Waals surface area contributed by atoms with Crippen molar-refractivity contribution in [2.75, 3.05) is 20.3 Å². The molecule has 1 aliphatic carbocycles. The summed E-state index contributed by atoms with van der Waals surface area (Å²) in [6.45, 7) is 8.98. The van der Waals surface area contributed by atoms with Crippen molar-refractivity contribution in [2.24, 2.45) is 17.3 Å². The van der Waals surface area contributed by atoms with E-state index in [0.717, 1.165) is 38.5 Å². The zero-order chi connectivity index (χ0) is 32.9. The maximum absolute atomic E-state index is 13.7. The molecule has 0 bridgehead atoms. The molecule has 2 heterocycles. The summed E-state index contributed by atoms with van der Waals surface area (Å²) in [5, 5.41) is 2.79. The maximum Gasteiger partial charge on any atom is 0.408 e. The lowest BCUT2D eigenvalue weighted by atomic mass is 9.85. The van der Waals surface area contributed by atoms with Gasteiger partial charge in [-0.05, 0) is 62.5 Å². The minimum absolute atomic E-state index is 0.0333. The number of ether oxygens (including phenoxy) is 2. The van der Waals surface area contributed by atoms with E-state index >= 15 is 0 Å². The second-order valence-corrected chi connectivity index (χ2v) is 13.8. The van der Waals surface area contributed by atoms with Crippen LogP contribution >= 0.6 is 0 Å². The van der Waals surface area contributed by atoms with Gasteiger partial charge in [0.05, 0.1) is 30.9 Å². The highest BCUT2D eigenvalue weighted by Crippen LogP contribution is 2.52. The molecule has 0 radical (unpaired) electrons. The Kier molecular flexibility index (Phi) is 10.9. The Morgan fingerprint density at radius 2 is 1.98 bits per heavy atom. The van der Waals surface area contributed by atoms with Crippen LogP contribution in [0.4, 0.5) is 9.18 Å². The van der Waals surface area contributed by atoms with Crippen molar-refractivity contribution in [3.8, 4) is 5.75 Å². The first-order valence-electron chi connectivity index (χ1n) is 16.3. The molecule has 0 spiro atoms. The topological polar surface area (TPSA) is 131 Å². The highest BCUT2D eigenvalue weighted by molar-refractivity contribution is 5.92. The molecule has 10 nitrogen and oxygen atoms in total. The van der Waals surface area contributed by atoms with E-state index in [1.807, 2.05) is 33.8 Å². The number of likely N-dealkylation sites (tertiary alicyclic amines) is 1. The van der Waals surface area contributed by atoms with Gasteiger partial charge in [-0.3, -0.25) is 18.8 Å². The molecule has 2 aliphatic rings. The molecule has 1 saturated heterocycles. The number of ketones is 1. The van der Waals surface area contributed by atoms with Gasteiger partial charge in [-0.25, -0.2) is 9.78 Å². The van der Waals surface area contributed by atoms with Crippen LogP contribution in [0.2, 0.25) is 0 Å². The van der Waals surface area contributed by atoms with Gasteiger partial charge in [-0.1, -0.05) is 47.0 Å². The summed E-state index contributed by atoms with van der Waals surface area (Å²) in [4.78, 5) is 60.9. The molecule has 1 saturated carbocycles. The molecule has 0 unspecified atom stereocenters. The van der Waals surface area contributed by atoms with Crippen LogP contribution in [0.3, 0.4) is 0 Å². The highest BCUT2D eigenvalue weighted by atomic mass is 19.1. The molecule has 1 aromatic carbocycles. The summed E-state index contributed by atoms with van der Waals surface area (Å²) in [7, 11) is 1.57. The Bertz CT molecular complexity index is 1440. The number of hydrogen-bond acceptors (Lipinski definition) is 7. The number of carbonyl (C=O) groups is 3. The largest absolute Gasteiger partial charge is 0.497 e. The normalized spacial score (nSPS) is 23.5. The zero-order valence-corrected chi connectivity index (χ0v) is 27.5. The fraction of sp³-hybridized carbons (Fsp3) is 0.676. The molecule has 4 rings (SSSR count). The van der Waals surface area contributed by atoms with Crippen LogP contribution < -0.4 is 15.6 Å². The number of nitrogens with zero attached hydrogens (tertiary/aromatic N) is 2. The van der Waals surface area contributed by atoms with Gasteiger partial charge in [-0.2, -0.15) is 0 Å². The number of aromatic nitrogens is 2. The van der Waals surface area contributed by atoms with E-state index in [4.69, 9.17) is 9.47 Å². The van der Waals surface area contributed by atoms with Crippen molar-refractivity contribution in [1.82, 2.24) is 20.2 Å². The molecule has 2 aromatic rings. The van der Waals surface area contributed by atoms with E-state index in [-0.39, 0.29) is 35.5 Å². The standard InChI is InChI=1S/C34H49FN4O6/c1-7-22-15-18-39(28(22)21(2)40)31(42)29(33(3,4)5)38-32(43)45-34(16-17-35)20-23(34)11-9-8-10-12-26-30(41)37-27-19-24(44-6)13-14-25(27)36-26/h13-14,19,22-23,28-29H,7-12,15-18,20H2,1-6H3,(H,37,41)(H,38,43)/t22-,23-,28-,29-,34-/m1/s1. The minimum Gasteiger partial charge on any atom is -0.497 e. The molecular weight excluding hydrogens is 579 g/mol. The Morgan fingerprint density at radius 1 is 1.22 bits per heavy atom. The lowest BCUT2D eigenvalue weighted by Gasteiger charge is -2.36. The summed E-state index contributed by atoms with van der Waals surface area (Å²) in [5.41, 5.74) is 0.0948. The van der Waals surface area contributed by atoms with E-state index in [1.54, 1.807) is 24.1 Å². The van der Waals surface area contributed by atoms with Crippen molar-refractivity contribution in [1.29, 1.82) is 0 Å². The minimum atomic E-state index is -0.893. The Hall–Kier alpha value is -3.50. The van der Waals surface area contributed by atoms with Crippen LogP contribution in [-0.4, -0.2) is 70.7 Å². The van der Waals surface area contributed by atoms with Gasteiger partial charge in [0.15, 0.2) is 5.78 Å². The summed E-state index contributed by atoms with van der Waals surface area (Å²) in [6.07, 6.45) is 5.27. The second-order valence-electron chi connectivity index (χ2n) is 13.8. The van der Waals surface area contributed by atoms with Crippen molar-refractivity contribution in [2.45, 2.75) is 110 Å². The number of amides is 2. The number of unbranched alkanes of at least 4 members (excludes halogenated alkanes) is 2. The highest BCUT2D eigenvalue weighted by Gasteiger charge is 2.57.